The van der Waals surface area contributed by atoms with E-state index in [4.69, 9.17) is 4.74 Å². The van der Waals surface area contributed by atoms with Crippen LogP contribution in [0.2, 0.25) is 0 Å². The van der Waals surface area contributed by atoms with Gasteiger partial charge in [0.15, 0.2) is 0 Å². The van der Waals surface area contributed by atoms with Crippen LogP contribution in [0.15, 0.2) is 18.2 Å². The Bertz CT molecular complexity index is 591. The molecule has 0 bridgehead atoms. The number of methoxy groups -OCH3 is 1. The van der Waals surface area contributed by atoms with Gasteiger partial charge in [-0.2, -0.15) is 0 Å². The van der Waals surface area contributed by atoms with E-state index in [1.165, 1.54) is 24.0 Å². The monoisotopic (exact) mass is 284 g/mol. The number of ketones is 1. The lowest BCUT2D eigenvalue weighted by Gasteiger charge is -2.48. The maximum atomic E-state index is 12.3. The van der Waals surface area contributed by atoms with E-state index in [1.54, 1.807) is 7.11 Å². The standard InChI is InChI=1S/C19H24O2/c1-19-10-9-15-14-6-4-13(21-2)11-12(14)3-5-16(15)17(19)7-8-18(19)20/h4,6,11,15-17H,3,5,7-10H2,1-2H3/t15-,16+,17-,19-/m0/s1. The summed E-state index contributed by atoms with van der Waals surface area (Å²) in [4.78, 5) is 12.3. The van der Waals surface area contributed by atoms with E-state index in [0.29, 0.717) is 17.6 Å². The van der Waals surface area contributed by atoms with Gasteiger partial charge in [-0.25, -0.2) is 0 Å². The topological polar surface area (TPSA) is 26.3 Å². The van der Waals surface area contributed by atoms with E-state index in [1.807, 2.05) is 0 Å². The average Bonchev–Trinajstić information content (AvgIpc) is 2.82. The van der Waals surface area contributed by atoms with Crippen LogP contribution in [0.4, 0.5) is 0 Å². The molecule has 0 amide bonds. The zero-order valence-corrected chi connectivity index (χ0v) is 13.0. The van der Waals surface area contributed by atoms with Gasteiger partial charge in [0.05, 0.1) is 7.11 Å². The molecular formula is C19H24O2. The third-order valence-corrected chi connectivity index (χ3v) is 6.64. The molecule has 112 valence electrons. The number of rotatable bonds is 1. The number of carbonyl (C=O) groups is 1. The van der Waals surface area contributed by atoms with Crippen LogP contribution >= 0.6 is 0 Å². The van der Waals surface area contributed by atoms with Gasteiger partial charge in [-0.3, -0.25) is 4.79 Å². The summed E-state index contributed by atoms with van der Waals surface area (Å²) >= 11 is 0. The maximum absolute atomic E-state index is 12.3. The van der Waals surface area contributed by atoms with Crippen molar-refractivity contribution in [3.63, 3.8) is 0 Å². The Hall–Kier alpha value is -1.31. The van der Waals surface area contributed by atoms with E-state index in [-0.39, 0.29) is 5.41 Å². The second-order valence-corrected chi connectivity index (χ2v) is 7.40. The molecule has 0 heterocycles. The summed E-state index contributed by atoms with van der Waals surface area (Å²) in [6.45, 7) is 2.24. The van der Waals surface area contributed by atoms with Crippen LogP contribution in [0, 0.1) is 17.3 Å². The maximum Gasteiger partial charge on any atom is 0.139 e. The van der Waals surface area contributed by atoms with E-state index < -0.39 is 0 Å². The molecule has 4 rings (SSSR count). The van der Waals surface area contributed by atoms with Crippen molar-refractivity contribution in [3.05, 3.63) is 29.3 Å². The lowest BCUT2D eigenvalue weighted by molar-refractivity contribution is -0.129. The Balaban J connectivity index is 1.70. The first kappa shape index (κ1) is 13.4. The van der Waals surface area contributed by atoms with E-state index >= 15 is 0 Å². The molecule has 2 saturated carbocycles. The predicted molar refractivity (Wildman–Crippen MR) is 82.6 cm³/mol. The number of hydrogen-bond acceptors (Lipinski definition) is 2. The first-order valence-corrected chi connectivity index (χ1v) is 8.33. The van der Waals surface area contributed by atoms with Gasteiger partial charge in [-0.1, -0.05) is 13.0 Å². The van der Waals surface area contributed by atoms with Gasteiger partial charge < -0.3 is 4.74 Å². The number of benzene rings is 1. The summed E-state index contributed by atoms with van der Waals surface area (Å²) in [6.07, 6.45) is 6.61. The van der Waals surface area contributed by atoms with Crippen LogP contribution in [0.3, 0.4) is 0 Å². The van der Waals surface area contributed by atoms with Gasteiger partial charge >= 0.3 is 0 Å². The van der Waals surface area contributed by atoms with Crippen molar-refractivity contribution in [1.82, 2.24) is 0 Å². The zero-order chi connectivity index (χ0) is 14.6. The molecule has 3 aliphatic rings. The van der Waals surface area contributed by atoms with E-state index in [0.717, 1.165) is 37.4 Å². The van der Waals surface area contributed by atoms with Crippen LogP contribution in [0.5, 0.6) is 5.75 Å². The second-order valence-electron chi connectivity index (χ2n) is 7.40. The lowest BCUT2D eigenvalue weighted by atomic mass is 9.55. The summed E-state index contributed by atoms with van der Waals surface area (Å²) in [7, 11) is 1.74. The molecule has 0 N–H and O–H groups in total. The summed E-state index contributed by atoms with van der Waals surface area (Å²) < 4.78 is 5.37. The summed E-state index contributed by atoms with van der Waals surface area (Å²) in [5, 5.41) is 0. The van der Waals surface area contributed by atoms with Crippen molar-refractivity contribution < 1.29 is 9.53 Å². The number of Topliss-reactive ketones (excluding diaryl/α,β-unsaturated/α-hetero) is 1. The minimum absolute atomic E-state index is 0.00879. The van der Waals surface area contributed by atoms with Crippen molar-refractivity contribution in [2.45, 2.75) is 51.4 Å². The molecule has 3 aliphatic carbocycles. The van der Waals surface area contributed by atoms with Crippen molar-refractivity contribution in [3.8, 4) is 5.75 Å². The number of hydrogen-bond donors (Lipinski definition) is 0. The highest BCUT2D eigenvalue weighted by molar-refractivity contribution is 5.87. The smallest absolute Gasteiger partial charge is 0.139 e. The highest BCUT2D eigenvalue weighted by Gasteiger charge is 2.54. The highest BCUT2D eigenvalue weighted by atomic mass is 16.5. The molecule has 0 aromatic heterocycles. The molecule has 0 spiro atoms. The van der Waals surface area contributed by atoms with Crippen molar-refractivity contribution in [2.75, 3.05) is 7.11 Å². The third kappa shape index (κ3) is 1.81. The van der Waals surface area contributed by atoms with Crippen LogP contribution < -0.4 is 4.74 Å². The fourth-order valence-corrected chi connectivity index (χ4v) is 5.46. The van der Waals surface area contributed by atoms with Gasteiger partial charge in [-0.15, -0.1) is 0 Å². The predicted octanol–water partition coefficient (Wildman–Crippen LogP) is 4.12. The summed E-state index contributed by atoms with van der Waals surface area (Å²) in [6, 6.07) is 6.61. The Morgan fingerprint density at radius 1 is 1.19 bits per heavy atom. The first-order chi connectivity index (χ1) is 10.1. The molecule has 2 fully saturated rings. The van der Waals surface area contributed by atoms with Gasteiger partial charge in [0.1, 0.15) is 11.5 Å². The summed E-state index contributed by atoms with van der Waals surface area (Å²) in [5.41, 5.74) is 3.00. The molecule has 4 atom stereocenters. The molecule has 0 saturated heterocycles. The second kappa shape index (κ2) is 4.59. The average molecular weight is 284 g/mol. The Morgan fingerprint density at radius 3 is 2.86 bits per heavy atom. The molecule has 21 heavy (non-hydrogen) atoms. The van der Waals surface area contributed by atoms with Gasteiger partial charge in [0.25, 0.3) is 0 Å². The fraction of sp³-hybridized carbons (Fsp3) is 0.632. The molecule has 0 radical (unpaired) electrons. The first-order valence-electron chi connectivity index (χ1n) is 8.33. The minimum Gasteiger partial charge on any atom is -0.497 e. The largest absolute Gasteiger partial charge is 0.497 e. The number of ether oxygens (including phenoxy) is 1. The van der Waals surface area contributed by atoms with Crippen LogP contribution in [-0.2, 0) is 11.2 Å². The normalized spacial score (nSPS) is 37.6. The Morgan fingerprint density at radius 2 is 2.05 bits per heavy atom. The number of aryl methyl sites for hydroxylation is 1. The molecule has 1 aromatic carbocycles. The highest BCUT2D eigenvalue weighted by Crippen LogP contribution is 2.59. The zero-order valence-electron chi connectivity index (χ0n) is 13.0. The van der Waals surface area contributed by atoms with Crippen molar-refractivity contribution in [2.24, 2.45) is 17.3 Å². The number of carbonyl (C=O) groups excluding carboxylic acids is 1. The molecule has 2 nitrogen and oxygen atoms in total. The van der Waals surface area contributed by atoms with Gasteiger partial charge in [-0.05, 0) is 73.1 Å². The van der Waals surface area contributed by atoms with Gasteiger partial charge in [0.2, 0.25) is 0 Å². The van der Waals surface area contributed by atoms with Crippen LogP contribution in [0.25, 0.3) is 0 Å². The molecular weight excluding hydrogens is 260 g/mol. The lowest BCUT2D eigenvalue weighted by Crippen LogP contribution is -2.42. The minimum atomic E-state index is -0.00879. The SMILES string of the molecule is COc1ccc2c(c1)CC[C@@H]1[C@H]2CC[C@]2(C)C(=O)CC[C@@H]12. The molecule has 2 heteroatoms. The van der Waals surface area contributed by atoms with Crippen LogP contribution in [-0.4, -0.2) is 12.9 Å². The third-order valence-electron chi connectivity index (χ3n) is 6.64. The summed E-state index contributed by atoms with van der Waals surface area (Å²) in [5.74, 6) is 3.52. The quantitative estimate of drug-likeness (QED) is 0.775. The van der Waals surface area contributed by atoms with E-state index in [9.17, 15) is 4.79 Å². The van der Waals surface area contributed by atoms with Crippen molar-refractivity contribution in [1.29, 1.82) is 0 Å². The van der Waals surface area contributed by atoms with Crippen molar-refractivity contribution >= 4 is 5.78 Å². The molecule has 1 aromatic rings. The molecule has 0 aliphatic heterocycles. The molecule has 0 unspecified atom stereocenters. The fourth-order valence-electron chi connectivity index (χ4n) is 5.46. The Labute approximate surface area is 126 Å². The number of fused-ring (bicyclic) bond motifs is 5. The Kier molecular flexibility index (Phi) is 2.92. The van der Waals surface area contributed by atoms with Gasteiger partial charge in [0, 0.05) is 11.8 Å². The van der Waals surface area contributed by atoms with E-state index in [2.05, 4.69) is 25.1 Å². The van der Waals surface area contributed by atoms with Crippen LogP contribution in [0.1, 0.15) is 56.1 Å².